The topological polar surface area (TPSA) is 58.4 Å². The molecule has 2 rings (SSSR count). The van der Waals surface area contributed by atoms with Crippen molar-refractivity contribution < 1.29 is 9.90 Å². The smallest absolute Gasteiger partial charge is 0.223 e. The highest BCUT2D eigenvalue weighted by atomic mass is 16.3. The van der Waals surface area contributed by atoms with E-state index in [0.29, 0.717) is 13.0 Å². The maximum absolute atomic E-state index is 11.5. The summed E-state index contributed by atoms with van der Waals surface area (Å²) in [5.74, 6) is 0.311. The summed E-state index contributed by atoms with van der Waals surface area (Å²) in [6, 6.07) is 0. The minimum absolute atomic E-state index is 0.115. The zero-order valence-electron chi connectivity index (χ0n) is 9.25. The number of amides is 1. The first-order chi connectivity index (χ1) is 7.79. The largest absolute Gasteiger partial charge is 0.396 e. The average molecular weight is 223 g/mol. The summed E-state index contributed by atoms with van der Waals surface area (Å²) in [6.07, 6.45) is 6.88. The van der Waals surface area contributed by atoms with Gasteiger partial charge in [0.05, 0.1) is 6.33 Å². The molecule has 1 unspecified atom stereocenters. The highest BCUT2D eigenvalue weighted by molar-refractivity contribution is 5.78. The molecule has 1 atom stereocenters. The van der Waals surface area contributed by atoms with Gasteiger partial charge in [0.15, 0.2) is 0 Å². The number of hydrogen-bond donors (Lipinski definition) is 1. The van der Waals surface area contributed by atoms with Gasteiger partial charge in [-0.2, -0.15) is 0 Å². The number of aromatic nitrogens is 2. The van der Waals surface area contributed by atoms with Crippen LogP contribution < -0.4 is 0 Å². The van der Waals surface area contributed by atoms with Gasteiger partial charge < -0.3 is 14.6 Å². The number of aliphatic hydroxyl groups excluding tert-OH is 1. The number of nitrogens with zero attached hydrogens (tertiary/aromatic N) is 3. The highest BCUT2D eigenvalue weighted by Gasteiger charge is 2.28. The second-order valence-corrected chi connectivity index (χ2v) is 4.25. The van der Waals surface area contributed by atoms with E-state index in [2.05, 4.69) is 4.98 Å². The van der Waals surface area contributed by atoms with Gasteiger partial charge in [-0.1, -0.05) is 0 Å². The first-order valence-corrected chi connectivity index (χ1v) is 5.64. The quantitative estimate of drug-likeness (QED) is 0.771. The van der Waals surface area contributed by atoms with E-state index in [1.807, 2.05) is 15.7 Å². The minimum atomic E-state index is 0.115. The molecule has 1 aliphatic rings. The van der Waals surface area contributed by atoms with E-state index < -0.39 is 0 Å². The number of imidazole rings is 1. The third-order valence-corrected chi connectivity index (χ3v) is 2.96. The predicted molar refractivity (Wildman–Crippen MR) is 58.6 cm³/mol. The molecule has 5 nitrogen and oxygen atoms in total. The molecule has 5 heteroatoms. The molecule has 1 N–H and O–H groups in total. The van der Waals surface area contributed by atoms with Gasteiger partial charge in [0.2, 0.25) is 5.91 Å². The normalized spacial score (nSPS) is 20.7. The Morgan fingerprint density at radius 3 is 3.00 bits per heavy atom. The average Bonchev–Trinajstić information content (AvgIpc) is 2.89. The fourth-order valence-corrected chi connectivity index (χ4v) is 2.06. The van der Waals surface area contributed by atoms with Gasteiger partial charge in [-0.05, 0) is 6.42 Å². The Balaban J connectivity index is 1.72. The first-order valence-electron chi connectivity index (χ1n) is 5.64. The van der Waals surface area contributed by atoms with E-state index >= 15 is 0 Å². The van der Waals surface area contributed by atoms with Gasteiger partial charge in [-0.25, -0.2) is 4.98 Å². The van der Waals surface area contributed by atoms with E-state index in [0.717, 1.165) is 19.5 Å². The summed E-state index contributed by atoms with van der Waals surface area (Å²) in [7, 11) is 0. The Kier molecular flexibility index (Phi) is 3.56. The van der Waals surface area contributed by atoms with Crippen LogP contribution in [0.1, 0.15) is 12.8 Å². The molecule has 16 heavy (non-hydrogen) atoms. The number of aryl methyl sites for hydroxylation is 1. The lowest BCUT2D eigenvalue weighted by Crippen LogP contribution is -2.27. The van der Waals surface area contributed by atoms with Gasteiger partial charge in [0.1, 0.15) is 0 Å². The van der Waals surface area contributed by atoms with Crippen molar-refractivity contribution in [2.45, 2.75) is 19.4 Å². The summed E-state index contributed by atoms with van der Waals surface area (Å²) < 4.78 is 2.00. The van der Waals surface area contributed by atoms with Crippen LogP contribution in [0.25, 0.3) is 0 Å². The van der Waals surface area contributed by atoms with Crippen LogP contribution in [0.5, 0.6) is 0 Å². The SMILES string of the molecule is O=C1CC(CO)CN1CCCn1ccnc1. The van der Waals surface area contributed by atoms with E-state index in [9.17, 15) is 4.79 Å². The molecule has 0 aromatic carbocycles. The van der Waals surface area contributed by atoms with E-state index in [1.54, 1.807) is 12.5 Å². The molecule has 1 saturated heterocycles. The van der Waals surface area contributed by atoms with Crippen molar-refractivity contribution in [3.8, 4) is 0 Å². The molecule has 1 aliphatic heterocycles. The second-order valence-electron chi connectivity index (χ2n) is 4.25. The molecule has 88 valence electrons. The van der Waals surface area contributed by atoms with Crippen molar-refractivity contribution in [1.82, 2.24) is 14.5 Å². The molecule has 0 spiro atoms. The van der Waals surface area contributed by atoms with Crippen LogP contribution in [-0.2, 0) is 11.3 Å². The monoisotopic (exact) mass is 223 g/mol. The van der Waals surface area contributed by atoms with Crippen molar-refractivity contribution in [1.29, 1.82) is 0 Å². The van der Waals surface area contributed by atoms with Crippen LogP contribution >= 0.6 is 0 Å². The van der Waals surface area contributed by atoms with Gasteiger partial charge in [0.25, 0.3) is 0 Å². The Bertz CT molecular complexity index is 337. The summed E-state index contributed by atoms with van der Waals surface area (Å²) in [5.41, 5.74) is 0. The van der Waals surface area contributed by atoms with Crippen molar-refractivity contribution in [2.75, 3.05) is 19.7 Å². The molecule has 0 aliphatic carbocycles. The third-order valence-electron chi connectivity index (χ3n) is 2.96. The maximum Gasteiger partial charge on any atom is 0.223 e. The van der Waals surface area contributed by atoms with Crippen LogP contribution in [0.4, 0.5) is 0 Å². The fraction of sp³-hybridized carbons (Fsp3) is 0.636. The van der Waals surface area contributed by atoms with Gasteiger partial charge >= 0.3 is 0 Å². The van der Waals surface area contributed by atoms with Crippen LogP contribution in [0.3, 0.4) is 0 Å². The molecular weight excluding hydrogens is 206 g/mol. The Morgan fingerprint density at radius 1 is 1.50 bits per heavy atom. The van der Waals surface area contributed by atoms with Crippen LogP contribution in [0.15, 0.2) is 18.7 Å². The third kappa shape index (κ3) is 2.61. The molecule has 1 aromatic heterocycles. The summed E-state index contributed by atoms with van der Waals surface area (Å²) in [4.78, 5) is 17.3. The van der Waals surface area contributed by atoms with Crippen LogP contribution in [0, 0.1) is 5.92 Å². The standard InChI is InChI=1S/C11H17N3O2/c15-8-10-6-11(16)14(7-10)4-1-3-13-5-2-12-9-13/h2,5,9-10,15H,1,3-4,6-8H2. The molecule has 1 fully saturated rings. The van der Waals surface area contributed by atoms with E-state index in [4.69, 9.17) is 5.11 Å². The number of rotatable bonds is 5. The number of carbonyl (C=O) groups excluding carboxylic acids is 1. The van der Waals surface area contributed by atoms with Gasteiger partial charge in [0, 0.05) is 51.0 Å². The maximum atomic E-state index is 11.5. The van der Waals surface area contributed by atoms with E-state index in [1.165, 1.54) is 0 Å². The fourth-order valence-electron chi connectivity index (χ4n) is 2.06. The molecule has 1 aromatic rings. The molecule has 0 radical (unpaired) electrons. The van der Waals surface area contributed by atoms with E-state index in [-0.39, 0.29) is 18.4 Å². The predicted octanol–water partition coefficient (Wildman–Crippen LogP) is 0.114. The first kappa shape index (κ1) is 11.1. The van der Waals surface area contributed by atoms with Gasteiger partial charge in [-0.3, -0.25) is 4.79 Å². The lowest BCUT2D eigenvalue weighted by Gasteiger charge is -2.16. The number of aliphatic hydroxyl groups is 1. The lowest BCUT2D eigenvalue weighted by atomic mass is 10.1. The summed E-state index contributed by atoms with van der Waals surface area (Å²) in [5, 5.41) is 8.99. The van der Waals surface area contributed by atoms with Crippen molar-refractivity contribution in [3.63, 3.8) is 0 Å². The number of likely N-dealkylation sites (tertiary alicyclic amines) is 1. The van der Waals surface area contributed by atoms with Gasteiger partial charge in [-0.15, -0.1) is 0 Å². The summed E-state index contributed by atoms with van der Waals surface area (Å²) in [6.45, 7) is 2.48. The van der Waals surface area contributed by atoms with Crippen LogP contribution in [0.2, 0.25) is 0 Å². The Morgan fingerprint density at radius 2 is 2.38 bits per heavy atom. The van der Waals surface area contributed by atoms with Crippen molar-refractivity contribution in [2.24, 2.45) is 5.92 Å². The Labute approximate surface area is 94.7 Å². The number of carbonyl (C=O) groups is 1. The van der Waals surface area contributed by atoms with Crippen molar-refractivity contribution in [3.05, 3.63) is 18.7 Å². The molecule has 1 amide bonds. The summed E-state index contributed by atoms with van der Waals surface area (Å²) >= 11 is 0. The molecule has 0 saturated carbocycles. The highest BCUT2D eigenvalue weighted by Crippen LogP contribution is 2.17. The zero-order valence-corrected chi connectivity index (χ0v) is 9.25. The number of hydrogen-bond acceptors (Lipinski definition) is 3. The van der Waals surface area contributed by atoms with Crippen molar-refractivity contribution >= 4 is 5.91 Å². The zero-order chi connectivity index (χ0) is 11.4. The Hall–Kier alpha value is -1.36. The molecule has 2 heterocycles. The molecular formula is C11H17N3O2. The molecule has 0 bridgehead atoms. The van der Waals surface area contributed by atoms with Crippen LogP contribution in [-0.4, -0.2) is 45.2 Å². The lowest BCUT2D eigenvalue weighted by molar-refractivity contribution is -0.127. The minimum Gasteiger partial charge on any atom is -0.396 e. The second kappa shape index (κ2) is 5.12.